The lowest BCUT2D eigenvalue weighted by molar-refractivity contribution is 0.506. The van der Waals surface area contributed by atoms with Gasteiger partial charge in [0, 0.05) is 18.0 Å². The van der Waals surface area contributed by atoms with Crippen LogP contribution < -0.4 is 5.73 Å². The maximum atomic E-state index is 8.44. The van der Waals surface area contributed by atoms with Crippen molar-refractivity contribution in [2.45, 2.75) is 25.8 Å². The van der Waals surface area contributed by atoms with Crippen LogP contribution in [0.1, 0.15) is 30.7 Å². The highest BCUT2D eigenvalue weighted by atomic mass is 16.3. The number of nitriles is 1. The van der Waals surface area contributed by atoms with Crippen LogP contribution in [0.4, 0.5) is 0 Å². The van der Waals surface area contributed by atoms with Crippen molar-refractivity contribution in [1.82, 2.24) is 0 Å². The Morgan fingerprint density at radius 3 is 3.08 bits per heavy atom. The van der Waals surface area contributed by atoms with Crippen LogP contribution in [0.3, 0.4) is 0 Å². The first-order valence-electron chi connectivity index (χ1n) is 3.98. The van der Waals surface area contributed by atoms with Crippen LogP contribution in [0.5, 0.6) is 0 Å². The van der Waals surface area contributed by atoms with E-state index < -0.39 is 0 Å². The third-order valence-electron chi connectivity index (χ3n) is 1.81. The summed E-state index contributed by atoms with van der Waals surface area (Å²) < 4.78 is 5.19. The predicted molar refractivity (Wildman–Crippen MR) is 45.2 cm³/mol. The van der Waals surface area contributed by atoms with E-state index in [2.05, 4.69) is 0 Å². The first-order chi connectivity index (χ1) is 5.79. The van der Waals surface area contributed by atoms with Crippen molar-refractivity contribution >= 4 is 0 Å². The van der Waals surface area contributed by atoms with Gasteiger partial charge in [-0.25, -0.2) is 0 Å². The molecule has 3 heteroatoms. The highest BCUT2D eigenvalue weighted by molar-refractivity contribution is 5.21. The zero-order valence-corrected chi connectivity index (χ0v) is 7.08. The van der Waals surface area contributed by atoms with E-state index in [0.717, 1.165) is 17.7 Å². The van der Waals surface area contributed by atoms with E-state index in [4.69, 9.17) is 15.4 Å². The van der Waals surface area contributed by atoms with Gasteiger partial charge in [0.25, 0.3) is 0 Å². The second-order valence-corrected chi connectivity index (χ2v) is 2.62. The van der Waals surface area contributed by atoms with E-state index in [1.54, 1.807) is 6.26 Å². The van der Waals surface area contributed by atoms with Gasteiger partial charge in [-0.15, -0.1) is 0 Å². The van der Waals surface area contributed by atoms with Gasteiger partial charge in [0.1, 0.15) is 5.76 Å². The molecule has 0 aliphatic carbocycles. The molecule has 1 unspecified atom stereocenters. The van der Waals surface area contributed by atoms with E-state index >= 15 is 0 Å². The molecule has 64 valence electrons. The van der Waals surface area contributed by atoms with Crippen molar-refractivity contribution in [3.8, 4) is 6.07 Å². The van der Waals surface area contributed by atoms with E-state index in [-0.39, 0.29) is 6.04 Å². The fraction of sp³-hybridized carbons (Fsp3) is 0.444. The number of hydrogen-bond donors (Lipinski definition) is 1. The topological polar surface area (TPSA) is 62.9 Å². The quantitative estimate of drug-likeness (QED) is 0.740. The molecule has 0 spiro atoms. The Labute approximate surface area is 71.8 Å². The molecule has 0 saturated carbocycles. The summed E-state index contributed by atoms with van der Waals surface area (Å²) in [5.74, 6) is 0.887. The van der Waals surface area contributed by atoms with Gasteiger partial charge in [0.05, 0.1) is 18.8 Å². The fourth-order valence-corrected chi connectivity index (χ4v) is 1.18. The Kier molecular flexibility index (Phi) is 2.89. The lowest BCUT2D eigenvalue weighted by Crippen LogP contribution is -2.09. The van der Waals surface area contributed by atoms with Gasteiger partial charge in [-0.05, 0) is 6.07 Å². The van der Waals surface area contributed by atoms with Crippen LogP contribution in [0.15, 0.2) is 16.7 Å². The summed E-state index contributed by atoms with van der Waals surface area (Å²) in [6, 6.07) is 3.67. The molecule has 1 heterocycles. The van der Waals surface area contributed by atoms with Gasteiger partial charge in [-0.1, -0.05) is 6.92 Å². The largest absolute Gasteiger partial charge is 0.469 e. The van der Waals surface area contributed by atoms with E-state index in [9.17, 15) is 0 Å². The standard InChI is InChI=1S/C9H12N2O/c1-2-9-7(4-6-12-9)8(11)3-5-10/h4,6,8H,2-3,11H2,1H3. The number of aryl methyl sites for hydroxylation is 1. The van der Waals surface area contributed by atoms with Gasteiger partial charge in [0.15, 0.2) is 0 Å². The highest BCUT2D eigenvalue weighted by Gasteiger charge is 2.11. The Morgan fingerprint density at radius 1 is 1.75 bits per heavy atom. The smallest absolute Gasteiger partial charge is 0.108 e. The summed E-state index contributed by atoms with van der Waals surface area (Å²) >= 11 is 0. The van der Waals surface area contributed by atoms with Crippen LogP contribution in [-0.4, -0.2) is 0 Å². The molecule has 2 N–H and O–H groups in total. The Bertz CT molecular complexity index is 285. The summed E-state index contributed by atoms with van der Waals surface area (Å²) in [5.41, 5.74) is 6.70. The van der Waals surface area contributed by atoms with E-state index in [1.165, 1.54) is 0 Å². The molecular formula is C9H12N2O. The maximum Gasteiger partial charge on any atom is 0.108 e. The average Bonchev–Trinajstić information content (AvgIpc) is 2.51. The number of furan rings is 1. The van der Waals surface area contributed by atoms with E-state index in [1.807, 2.05) is 19.1 Å². The van der Waals surface area contributed by atoms with Gasteiger partial charge in [0.2, 0.25) is 0 Å². The van der Waals surface area contributed by atoms with Gasteiger partial charge >= 0.3 is 0 Å². The van der Waals surface area contributed by atoms with Crippen LogP contribution in [0, 0.1) is 11.3 Å². The molecule has 0 aliphatic heterocycles. The van der Waals surface area contributed by atoms with Crippen LogP contribution in [-0.2, 0) is 6.42 Å². The summed E-state index contributed by atoms with van der Waals surface area (Å²) in [4.78, 5) is 0. The molecule has 0 aromatic carbocycles. The van der Waals surface area contributed by atoms with Crippen molar-refractivity contribution in [2.24, 2.45) is 5.73 Å². The maximum absolute atomic E-state index is 8.44. The first-order valence-corrected chi connectivity index (χ1v) is 3.98. The lowest BCUT2D eigenvalue weighted by Gasteiger charge is -2.05. The van der Waals surface area contributed by atoms with Crippen molar-refractivity contribution in [3.63, 3.8) is 0 Å². The molecule has 12 heavy (non-hydrogen) atoms. The summed E-state index contributed by atoms with van der Waals surface area (Å²) in [6.45, 7) is 2.00. The van der Waals surface area contributed by atoms with Crippen molar-refractivity contribution in [2.75, 3.05) is 0 Å². The molecule has 0 amide bonds. The molecule has 3 nitrogen and oxygen atoms in total. The number of nitrogens with zero attached hydrogens (tertiary/aromatic N) is 1. The molecule has 1 aromatic heterocycles. The van der Waals surface area contributed by atoms with E-state index in [0.29, 0.717) is 6.42 Å². The Hall–Kier alpha value is -1.27. The fourth-order valence-electron chi connectivity index (χ4n) is 1.18. The number of rotatable bonds is 3. The monoisotopic (exact) mass is 164 g/mol. The molecule has 1 aromatic rings. The summed E-state index contributed by atoms with van der Waals surface area (Å²) in [5, 5.41) is 8.44. The Morgan fingerprint density at radius 2 is 2.50 bits per heavy atom. The van der Waals surface area contributed by atoms with Crippen LogP contribution in [0.25, 0.3) is 0 Å². The van der Waals surface area contributed by atoms with Crippen LogP contribution in [0.2, 0.25) is 0 Å². The lowest BCUT2D eigenvalue weighted by atomic mass is 10.1. The SMILES string of the molecule is CCc1occc1C(N)CC#N. The minimum atomic E-state index is -0.205. The average molecular weight is 164 g/mol. The third-order valence-corrected chi connectivity index (χ3v) is 1.81. The van der Waals surface area contributed by atoms with Crippen molar-refractivity contribution < 1.29 is 4.42 Å². The zero-order chi connectivity index (χ0) is 8.97. The summed E-state index contributed by atoms with van der Waals surface area (Å²) in [6.07, 6.45) is 2.78. The minimum absolute atomic E-state index is 0.205. The molecule has 0 aliphatic rings. The zero-order valence-electron chi connectivity index (χ0n) is 7.08. The van der Waals surface area contributed by atoms with Crippen LogP contribution >= 0.6 is 0 Å². The predicted octanol–water partition coefficient (Wildman–Crippen LogP) is 1.76. The number of hydrogen-bond acceptors (Lipinski definition) is 3. The number of nitrogens with two attached hydrogens (primary N) is 1. The van der Waals surface area contributed by atoms with Gasteiger partial charge < -0.3 is 10.2 Å². The minimum Gasteiger partial charge on any atom is -0.469 e. The highest BCUT2D eigenvalue weighted by Crippen LogP contribution is 2.19. The molecule has 0 bridgehead atoms. The third kappa shape index (κ3) is 1.66. The second kappa shape index (κ2) is 3.93. The molecule has 1 rings (SSSR count). The first kappa shape index (κ1) is 8.82. The Balaban J connectivity index is 2.80. The normalized spacial score (nSPS) is 12.4. The second-order valence-electron chi connectivity index (χ2n) is 2.62. The van der Waals surface area contributed by atoms with Crippen molar-refractivity contribution in [3.05, 3.63) is 23.7 Å². The van der Waals surface area contributed by atoms with Gasteiger partial charge in [-0.2, -0.15) is 5.26 Å². The molecule has 0 fully saturated rings. The van der Waals surface area contributed by atoms with Gasteiger partial charge in [-0.3, -0.25) is 0 Å². The molecular weight excluding hydrogens is 152 g/mol. The van der Waals surface area contributed by atoms with Crippen molar-refractivity contribution in [1.29, 1.82) is 5.26 Å². The molecule has 0 radical (unpaired) electrons. The molecule has 0 saturated heterocycles. The summed E-state index contributed by atoms with van der Waals surface area (Å²) in [7, 11) is 0. The molecule has 1 atom stereocenters.